The molecule has 2 heterocycles. The molecule has 1 spiro atoms. The summed E-state index contributed by atoms with van der Waals surface area (Å²) in [5.74, 6) is 2.53. The number of nitrogens with zero attached hydrogens (tertiary/aromatic N) is 4. The number of hydrogen-bond acceptors (Lipinski definition) is 4. The minimum atomic E-state index is 0. The second kappa shape index (κ2) is 12.0. The number of amides is 1. The number of halogens is 1. The van der Waals surface area contributed by atoms with Crippen LogP contribution in [-0.4, -0.2) is 97.0 Å². The van der Waals surface area contributed by atoms with Gasteiger partial charge in [-0.15, -0.1) is 24.0 Å². The minimum Gasteiger partial charge on any atom is -0.356 e. The van der Waals surface area contributed by atoms with E-state index in [1.54, 1.807) is 4.90 Å². The molecule has 3 fully saturated rings. The van der Waals surface area contributed by atoms with Crippen molar-refractivity contribution in [3.05, 3.63) is 0 Å². The maximum absolute atomic E-state index is 12.3. The van der Waals surface area contributed by atoms with Gasteiger partial charge in [0.05, 0.1) is 6.04 Å². The van der Waals surface area contributed by atoms with Crippen LogP contribution >= 0.6 is 35.7 Å². The molecule has 1 aliphatic carbocycles. The number of carbonyl (C=O) groups excluding carboxylic acids is 1. The third kappa shape index (κ3) is 6.63. The minimum absolute atomic E-state index is 0. The standard InChI is InChI=1S/C21H39N5OS.HI/c1-22-20(26-15-16-28-21(17-26)10-5-4-6-11-21)23-12-8-14-25-13-7-9-18(25)19(27)24(2)3;/h18H,4-17H2,1-3H3,(H,22,23);1H. The largest absolute Gasteiger partial charge is 0.356 e. The zero-order valence-corrected chi connectivity index (χ0v) is 21.6. The third-order valence-corrected chi connectivity index (χ3v) is 8.06. The van der Waals surface area contributed by atoms with E-state index in [1.165, 1.54) is 37.9 Å². The van der Waals surface area contributed by atoms with E-state index in [9.17, 15) is 4.79 Å². The topological polar surface area (TPSA) is 51.2 Å². The van der Waals surface area contributed by atoms with E-state index in [1.807, 2.05) is 21.1 Å². The lowest BCUT2D eigenvalue weighted by Crippen LogP contribution is -2.53. The molecule has 3 aliphatic rings. The Hall–Kier alpha value is -0.220. The predicted molar refractivity (Wildman–Crippen MR) is 135 cm³/mol. The summed E-state index contributed by atoms with van der Waals surface area (Å²) in [7, 11) is 5.63. The molecule has 1 amide bonds. The molecule has 0 bridgehead atoms. The van der Waals surface area contributed by atoms with Crippen LogP contribution in [0.25, 0.3) is 0 Å². The molecule has 1 N–H and O–H groups in total. The quantitative estimate of drug-likeness (QED) is 0.253. The normalized spacial score (nSPS) is 25.0. The summed E-state index contributed by atoms with van der Waals surface area (Å²) >= 11 is 2.20. The zero-order valence-electron chi connectivity index (χ0n) is 18.5. The fourth-order valence-electron chi connectivity index (χ4n) is 5.01. The molecule has 2 saturated heterocycles. The number of likely N-dealkylation sites (tertiary alicyclic amines) is 1. The first-order chi connectivity index (χ1) is 13.5. The van der Waals surface area contributed by atoms with Crippen molar-refractivity contribution in [1.29, 1.82) is 0 Å². The number of thioether (sulfide) groups is 1. The van der Waals surface area contributed by atoms with E-state index >= 15 is 0 Å². The van der Waals surface area contributed by atoms with Crippen molar-refractivity contribution in [3.8, 4) is 0 Å². The highest BCUT2D eigenvalue weighted by Gasteiger charge is 2.38. The summed E-state index contributed by atoms with van der Waals surface area (Å²) in [6.07, 6.45) is 10.1. The molecule has 8 heteroatoms. The summed E-state index contributed by atoms with van der Waals surface area (Å²) < 4.78 is 0.462. The lowest BCUT2D eigenvalue weighted by molar-refractivity contribution is -0.133. The van der Waals surface area contributed by atoms with Crippen molar-refractivity contribution in [2.24, 2.45) is 4.99 Å². The molecular formula is C21H40IN5OS. The molecule has 1 unspecified atom stereocenters. The molecule has 29 heavy (non-hydrogen) atoms. The van der Waals surface area contributed by atoms with Gasteiger partial charge in [0.2, 0.25) is 5.91 Å². The Morgan fingerprint density at radius 1 is 1.21 bits per heavy atom. The Morgan fingerprint density at radius 2 is 1.97 bits per heavy atom. The summed E-state index contributed by atoms with van der Waals surface area (Å²) in [5.41, 5.74) is 0. The molecule has 2 aliphatic heterocycles. The Kier molecular flexibility index (Phi) is 10.3. The molecule has 0 aromatic heterocycles. The van der Waals surface area contributed by atoms with Crippen LogP contribution in [0.4, 0.5) is 0 Å². The predicted octanol–water partition coefficient (Wildman–Crippen LogP) is 2.87. The van der Waals surface area contributed by atoms with Gasteiger partial charge < -0.3 is 15.1 Å². The van der Waals surface area contributed by atoms with Gasteiger partial charge in [-0.1, -0.05) is 19.3 Å². The fourth-order valence-corrected chi connectivity index (χ4v) is 6.58. The van der Waals surface area contributed by atoms with Gasteiger partial charge in [0.25, 0.3) is 0 Å². The molecule has 3 rings (SSSR count). The summed E-state index contributed by atoms with van der Waals surface area (Å²) in [4.78, 5) is 23.5. The van der Waals surface area contributed by atoms with Crippen molar-refractivity contribution >= 4 is 47.6 Å². The van der Waals surface area contributed by atoms with Gasteiger partial charge in [-0.25, -0.2) is 0 Å². The van der Waals surface area contributed by atoms with E-state index in [0.29, 0.717) is 4.75 Å². The van der Waals surface area contributed by atoms with Crippen LogP contribution in [0, 0.1) is 0 Å². The number of likely N-dealkylation sites (N-methyl/N-ethyl adjacent to an activating group) is 1. The maximum atomic E-state index is 12.3. The number of guanidine groups is 1. The average molecular weight is 538 g/mol. The lowest BCUT2D eigenvalue weighted by atomic mass is 9.87. The number of hydrogen-bond donors (Lipinski definition) is 1. The van der Waals surface area contributed by atoms with Crippen LogP contribution in [-0.2, 0) is 4.79 Å². The van der Waals surface area contributed by atoms with E-state index in [-0.39, 0.29) is 35.9 Å². The maximum Gasteiger partial charge on any atom is 0.239 e. The summed E-state index contributed by atoms with van der Waals surface area (Å²) in [5, 5.41) is 3.60. The van der Waals surface area contributed by atoms with Gasteiger partial charge in [0.15, 0.2) is 5.96 Å². The highest BCUT2D eigenvalue weighted by atomic mass is 127. The fraction of sp³-hybridized carbons (Fsp3) is 0.905. The van der Waals surface area contributed by atoms with Gasteiger partial charge >= 0.3 is 0 Å². The van der Waals surface area contributed by atoms with Crippen LogP contribution in [0.1, 0.15) is 51.4 Å². The van der Waals surface area contributed by atoms with Gasteiger partial charge in [-0.3, -0.25) is 14.7 Å². The van der Waals surface area contributed by atoms with Crippen molar-refractivity contribution in [3.63, 3.8) is 0 Å². The highest BCUT2D eigenvalue weighted by Crippen LogP contribution is 2.42. The first-order valence-electron chi connectivity index (χ1n) is 11.1. The van der Waals surface area contributed by atoms with Crippen LogP contribution < -0.4 is 5.32 Å². The number of aliphatic imine (C=N–C) groups is 1. The van der Waals surface area contributed by atoms with E-state index < -0.39 is 0 Å². The van der Waals surface area contributed by atoms with Gasteiger partial charge in [-0.05, 0) is 38.6 Å². The summed E-state index contributed by atoms with van der Waals surface area (Å²) in [6, 6.07) is 0.0830. The Balaban J connectivity index is 0.00000300. The second-order valence-corrected chi connectivity index (χ2v) is 10.3. The second-order valence-electron chi connectivity index (χ2n) is 8.77. The molecule has 0 radical (unpaired) electrons. The van der Waals surface area contributed by atoms with Gasteiger partial charge in [0, 0.05) is 57.8 Å². The van der Waals surface area contributed by atoms with Crippen molar-refractivity contribution in [2.45, 2.75) is 62.2 Å². The molecule has 0 aromatic carbocycles. The number of rotatable bonds is 5. The Bertz CT molecular complexity index is 548. The number of nitrogens with one attached hydrogen (secondary N) is 1. The Morgan fingerprint density at radius 3 is 2.66 bits per heavy atom. The molecule has 168 valence electrons. The van der Waals surface area contributed by atoms with Crippen LogP contribution in [0.3, 0.4) is 0 Å². The first kappa shape index (κ1) is 25.0. The molecule has 1 saturated carbocycles. The average Bonchev–Trinajstić information content (AvgIpc) is 3.16. The zero-order chi connectivity index (χ0) is 20.0. The van der Waals surface area contributed by atoms with Crippen LogP contribution in [0.5, 0.6) is 0 Å². The lowest BCUT2D eigenvalue weighted by Gasteiger charge is -2.45. The third-order valence-electron chi connectivity index (χ3n) is 6.52. The van der Waals surface area contributed by atoms with Gasteiger partial charge in [0.1, 0.15) is 0 Å². The van der Waals surface area contributed by atoms with Crippen LogP contribution in [0.15, 0.2) is 4.99 Å². The summed E-state index contributed by atoms with van der Waals surface area (Å²) in [6.45, 7) is 5.18. The van der Waals surface area contributed by atoms with Crippen molar-refractivity contribution < 1.29 is 4.79 Å². The molecular weight excluding hydrogens is 497 g/mol. The molecule has 1 atom stereocenters. The smallest absolute Gasteiger partial charge is 0.239 e. The molecule has 0 aromatic rings. The SMILES string of the molecule is CN=C(NCCCN1CCCC1C(=O)N(C)C)N1CCSC2(CCCCC2)C1.I. The molecule has 6 nitrogen and oxygen atoms in total. The van der Waals surface area contributed by atoms with Crippen molar-refractivity contribution in [1.82, 2.24) is 20.0 Å². The van der Waals surface area contributed by atoms with E-state index in [2.05, 4.69) is 31.9 Å². The highest BCUT2D eigenvalue weighted by molar-refractivity contribution is 14.0. The monoisotopic (exact) mass is 537 g/mol. The van der Waals surface area contributed by atoms with Crippen LogP contribution in [0.2, 0.25) is 0 Å². The van der Waals surface area contributed by atoms with Crippen molar-refractivity contribution in [2.75, 3.05) is 59.6 Å². The van der Waals surface area contributed by atoms with E-state index in [4.69, 9.17) is 0 Å². The van der Waals surface area contributed by atoms with E-state index in [0.717, 1.165) is 57.9 Å². The Labute approximate surface area is 198 Å². The number of carbonyl (C=O) groups is 1. The van der Waals surface area contributed by atoms with Gasteiger partial charge in [-0.2, -0.15) is 11.8 Å². The first-order valence-corrected chi connectivity index (χ1v) is 12.1.